The average molecular weight is 171 g/mol. The molecule has 50 valence electrons. The highest BCUT2D eigenvalue weighted by Gasteiger charge is 1.97. The largest absolute Gasteiger partial charge is 0.351 e. The van der Waals surface area contributed by atoms with E-state index >= 15 is 0 Å². The van der Waals surface area contributed by atoms with Crippen molar-refractivity contribution in [2.24, 2.45) is 0 Å². The smallest absolute Gasteiger partial charge is 0.125 e. The van der Waals surface area contributed by atoms with Crippen LogP contribution in [0, 0.1) is 15.8 Å². The van der Waals surface area contributed by atoms with Crippen LogP contribution in [0.4, 0.5) is 0 Å². The van der Waals surface area contributed by atoms with Crippen LogP contribution in [0.3, 0.4) is 0 Å². The third-order valence-corrected chi connectivity index (χ3v) is 1.66. The molecule has 10 heavy (non-hydrogen) atoms. The zero-order valence-corrected chi connectivity index (χ0v) is 6.46. The van der Waals surface area contributed by atoms with Gasteiger partial charge in [0.05, 0.1) is 4.51 Å². The Kier molecular flexibility index (Phi) is 2.05. The molecule has 1 rings (SSSR count). The van der Waals surface area contributed by atoms with Gasteiger partial charge in [-0.25, -0.2) is 0 Å². The van der Waals surface area contributed by atoms with Crippen molar-refractivity contribution in [1.29, 1.82) is 5.26 Å². The minimum atomic E-state index is 0.301. The van der Waals surface area contributed by atoms with E-state index in [9.17, 15) is 0 Å². The van der Waals surface area contributed by atoms with Crippen molar-refractivity contribution in [3.05, 3.63) is 27.5 Å². The number of aromatic nitrogens is 1. The van der Waals surface area contributed by atoms with Crippen LogP contribution in [0.25, 0.3) is 0 Å². The summed E-state index contributed by atoms with van der Waals surface area (Å²) in [6.45, 7) is 0. The molecule has 0 spiro atoms. The predicted octanol–water partition coefficient (Wildman–Crippen LogP) is 2.27. The summed E-state index contributed by atoms with van der Waals surface area (Å²) in [5, 5.41) is 8.78. The number of H-pyrrole nitrogens is 1. The lowest BCUT2D eigenvalue weighted by Crippen LogP contribution is -1.81. The number of rotatable bonds is 0. The Morgan fingerprint density at radius 2 is 2.40 bits per heavy atom. The van der Waals surface area contributed by atoms with Crippen molar-refractivity contribution in [1.82, 2.24) is 4.98 Å². The second-order valence-electron chi connectivity index (χ2n) is 1.64. The van der Waals surface area contributed by atoms with Gasteiger partial charge in [0, 0.05) is 6.20 Å². The maximum absolute atomic E-state index is 8.48. The van der Waals surface area contributed by atoms with Crippen molar-refractivity contribution in [2.75, 3.05) is 0 Å². The fraction of sp³-hybridized carbons (Fsp3) is 0. The Bertz CT molecular complexity index is 336. The number of nitrogens with zero attached hydrogens (tertiary/aromatic N) is 1. The standard InChI is InChI=1S/C6H3ClN2S/c7-6-4(3-8)5(10)1-2-9-6/h1-2H,(H,9,10). The van der Waals surface area contributed by atoms with Gasteiger partial charge in [0.2, 0.25) is 0 Å². The minimum absolute atomic E-state index is 0.301. The Morgan fingerprint density at radius 3 is 2.80 bits per heavy atom. The highest BCUT2D eigenvalue weighted by atomic mass is 35.5. The van der Waals surface area contributed by atoms with Crippen molar-refractivity contribution in [3.63, 3.8) is 0 Å². The van der Waals surface area contributed by atoms with E-state index in [-0.39, 0.29) is 0 Å². The highest BCUT2D eigenvalue weighted by Crippen LogP contribution is 2.11. The summed E-state index contributed by atoms with van der Waals surface area (Å²) in [6.07, 6.45) is 1.60. The number of hydrogen-bond donors (Lipinski definition) is 1. The monoisotopic (exact) mass is 170 g/mol. The second-order valence-corrected chi connectivity index (χ2v) is 2.46. The van der Waals surface area contributed by atoms with Gasteiger partial charge in [-0.1, -0.05) is 23.8 Å². The molecule has 0 bridgehead atoms. The minimum Gasteiger partial charge on any atom is -0.351 e. The summed E-state index contributed by atoms with van der Waals surface area (Å²) in [4.78, 5) is 2.67. The van der Waals surface area contributed by atoms with Crippen LogP contribution in [0.15, 0.2) is 12.3 Å². The summed E-state index contributed by atoms with van der Waals surface area (Å²) in [6, 6.07) is 3.52. The van der Waals surface area contributed by atoms with Gasteiger partial charge < -0.3 is 4.98 Å². The van der Waals surface area contributed by atoms with E-state index in [1.54, 1.807) is 12.3 Å². The molecule has 1 heterocycles. The maximum atomic E-state index is 8.48. The zero-order chi connectivity index (χ0) is 7.56. The lowest BCUT2D eigenvalue weighted by atomic mass is 10.3. The van der Waals surface area contributed by atoms with E-state index in [4.69, 9.17) is 29.1 Å². The summed E-state index contributed by atoms with van der Waals surface area (Å²) < 4.78 is 0.478. The molecule has 1 N–H and O–H groups in total. The first-order valence-electron chi connectivity index (χ1n) is 2.53. The molecule has 0 fully saturated rings. The van der Waals surface area contributed by atoms with Crippen LogP contribution in [0.2, 0.25) is 5.15 Å². The van der Waals surface area contributed by atoms with Crippen LogP contribution in [-0.4, -0.2) is 4.98 Å². The summed E-state index contributed by atoms with van der Waals surface area (Å²) >= 11 is 10.4. The van der Waals surface area contributed by atoms with E-state index in [2.05, 4.69) is 4.98 Å². The van der Waals surface area contributed by atoms with Gasteiger partial charge in [-0.3, -0.25) is 0 Å². The molecule has 0 aliphatic heterocycles. The Morgan fingerprint density at radius 1 is 1.70 bits per heavy atom. The SMILES string of the molecule is N#Cc1c(Cl)[nH]ccc1=S. The van der Waals surface area contributed by atoms with Crippen LogP contribution in [-0.2, 0) is 0 Å². The van der Waals surface area contributed by atoms with Gasteiger partial charge in [-0.15, -0.1) is 0 Å². The van der Waals surface area contributed by atoms with E-state index in [1.807, 2.05) is 6.07 Å². The first-order chi connectivity index (χ1) is 4.75. The van der Waals surface area contributed by atoms with Gasteiger partial charge in [0.15, 0.2) is 0 Å². The van der Waals surface area contributed by atoms with Crippen molar-refractivity contribution in [2.45, 2.75) is 0 Å². The Labute approximate surface area is 68.1 Å². The quantitative estimate of drug-likeness (QED) is 0.479. The van der Waals surface area contributed by atoms with Crippen LogP contribution >= 0.6 is 23.8 Å². The number of pyridine rings is 1. The molecule has 0 aliphatic carbocycles. The van der Waals surface area contributed by atoms with Gasteiger partial charge >= 0.3 is 0 Å². The van der Waals surface area contributed by atoms with Crippen LogP contribution < -0.4 is 0 Å². The second kappa shape index (κ2) is 2.82. The Hall–Kier alpha value is -0.850. The van der Waals surface area contributed by atoms with Gasteiger partial charge in [0.1, 0.15) is 16.8 Å². The van der Waals surface area contributed by atoms with Crippen molar-refractivity contribution < 1.29 is 0 Å². The fourth-order valence-electron chi connectivity index (χ4n) is 0.558. The molecule has 0 unspecified atom stereocenters. The first-order valence-corrected chi connectivity index (χ1v) is 3.31. The number of aromatic amines is 1. The average Bonchev–Trinajstić information content (AvgIpc) is 1.88. The normalized spacial score (nSPS) is 8.80. The molecular weight excluding hydrogens is 168 g/mol. The van der Waals surface area contributed by atoms with Crippen molar-refractivity contribution in [3.8, 4) is 6.07 Å². The van der Waals surface area contributed by atoms with Gasteiger partial charge in [-0.05, 0) is 6.07 Å². The third kappa shape index (κ3) is 1.18. The lowest BCUT2D eigenvalue weighted by Gasteiger charge is -1.91. The number of nitrogens with one attached hydrogen (secondary N) is 1. The maximum Gasteiger partial charge on any atom is 0.125 e. The van der Waals surface area contributed by atoms with Gasteiger partial charge in [0.25, 0.3) is 0 Å². The Balaban J connectivity index is 3.50. The molecule has 0 amide bonds. The molecule has 1 aromatic rings. The highest BCUT2D eigenvalue weighted by molar-refractivity contribution is 7.71. The number of hydrogen-bond acceptors (Lipinski definition) is 2. The summed E-state index contributed by atoms with van der Waals surface area (Å²) in [5.41, 5.74) is 0.333. The zero-order valence-electron chi connectivity index (χ0n) is 4.89. The predicted molar refractivity (Wildman–Crippen MR) is 41.4 cm³/mol. The first kappa shape index (κ1) is 7.26. The molecule has 0 saturated carbocycles. The molecule has 1 aromatic heterocycles. The molecule has 0 saturated heterocycles. The topological polar surface area (TPSA) is 39.6 Å². The van der Waals surface area contributed by atoms with E-state index in [0.29, 0.717) is 15.2 Å². The van der Waals surface area contributed by atoms with E-state index in [1.165, 1.54) is 0 Å². The van der Waals surface area contributed by atoms with E-state index in [0.717, 1.165) is 0 Å². The molecule has 2 nitrogen and oxygen atoms in total. The number of nitriles is 1. The van der Waals surface area contributed by atoms with Crippen LogP contribution in [0.1, 0.15) is 5.56 Å². The number of halogens is 1. The molecular formula is C6H3ClN2S. The molecule has 4 heteroatoms. The van der Waals surface area contributed by atoms with Crippen LogP contribution in [0.5, 0.6) is 0 Å². The van der Waals surface area contributed by atoms with E-state index < -0.39 is 0 Å². The van der Waals surface area contributed by atoms with Gasteiger partial charge in [-0.2, -0.15) is 5.26 Å². The summed E-state index contributed by atoms with van der Waals surface area (Å²) in [7, 11) is 0. The molecule has 0 aromatic carbocycles. The fourth-order valence-corrected chi connectivity index (χ4v) is 1.04. The molecule has 0 atom stereocenters. The third-order valence-electron chi connectivity index (χ3n) is 1.02. The van der Waals surface area contributed by atoms with Crippen molar-refractivity contribution >= 4 is 23.8 Å². The molecule has 0 aliphatic rings. The molecule has 0 radical (unpaired) electrons. The lowest BCUT2D eigenvalue weighted by molar-refractivity contribution is 1.29. The summed E-state index contributed by atoms with van der Waals surface area (Å²) in [5.74, 6) is 0.